The van der Waals surface area contributed by atoms with Crippen LogP contribution in [0.3, 0.4) is 0 Å². The summed E-state index contributed by atoms with van der Waals surface area (Å²) in [7, 11) is 0. The molecule has 2 atom stereocenters. The predicted molar refractivity (Wildman–Crippen MR) is 88.4 cm³/mol. The Bertz CT molecular complexity index is 317. The molecule has 20 heavy (non-hydrogen) atoms. The molecule has 0 aliphatic carbocycles. The molecule has 0 radical (unpaired) electrons. The number of rotatable bonds is 11. The minimum atomic E-state index is -0.189. The molecule has 0 aromatic heterocycles. The summed E-state index contributed by atoms with van der Waals surface area (Å²) in [5, 5.41) is 0. The number of allylic oxidation sites excluding steroid dienone is 4. The Kier molecular flexibility index (Phi) is 11.1. The van der Waals surface area contributed by atoms with Gasteiger partial charge in [-0.3, -0.25) is 4.79 Å². The fourth-order valence-electron chi connectivity index (χ4n) is 2.25. The SMILES string of the molecule is C/C=C\CCC(C)CCC/C(C)=C/CCC(C)C(N)=O. The van der Waals surface area contributed by atoms with Gasteiger partial charge in [0.1, 0.15) is 0 Å². The lowest BCUT2D eigenvalue weighted by atomic mass is 9.96. The molecule has 0 saturated heterocycles. The van der Waals surface area contributed by atoms with Crippen LogP contribution in [-0.2, 0) is 4.79 Å². The molecular formula is C18H33NO. The summed E-state index contributed by atoms with van der Waals surface area (Å²) < 4.78 is 0. The van der Waals surface area contributed by atoms with E-state index in [1.807, 2.05) is 6.92 Å². The van der Waals surface area contributed by atoms with E-state index < -0.39 is 0 Å². The summed E-state index contributed by atoms with van der Waals surface area (Å²) in [4.78, 5) is 10.9. The first-order chi connectivity index (χ1) is 9.47. The van der Waals surface area contributed by atoms with Gasteiger partial charge in [-0.2, -0.15) is 0 Å². The van der Waals surface area contributed by atoms with Crippen LogP contribution in [-0.4, -0.2) is 5.91 Å². The van der Waals surface area contributed by atoms with Crippen molar-refractivity contribution in [1.82, 2.24) is 0 Å². The van der Waals surface area contributed by atoms with Crippen molar-refractivity contribution >= 4 is 5.91 Å². The molecule has 2 heteroatoms. The molecule has 2 N–H and O–H groups in total. The van der Waals surface area contributed by atoms with E-state index in [1.54, 1.807) is 0 Å². The third-order valence-corrected chi connectivity index (χ3v) is 3.91. The van der Waals surface area contributed by atoms with Gasteiger partial charge >= 0.3 is 0 Å². The number of hydrogen-bond donors (Lipinski definition) is 1. The number of carbonyl (C=O) groups is 1. The van der Waals surface area contributed by atoms with Gasteiger partial charge in [0.05, 0.1) is 0 Å². The summed E-state index contributed by atoms with van der Waals surface area (Å²) in [6, 6.07) is 0. The van der Waals surface area contributed by atoms with Crippen LogP contribution in [0.2, 0.25) is 0 Å². The molecule has 0 saturated carbocycles. The molecule has 2 unspecified atom stereocenters. The molecule has 1 amide bonds. The third kappa shape index (κ3) is 10.8. The zero-order valence-electron chi connectivity index (χ0n) is 13.8. The van der Waals surface area contributed by atoms with Crippen molar-refractivity contribution in [3.63, 3.8) is 0 Å². The summed E-state index contributed by atoms with van der Waals surface area (Å²) in [5.41, 5.74) is 6.70. The molecule has 0 fully saturated rings. The first-order valence-electron chi connectivity index (χ1n) is 8.03. The van der Waals surface area contributed by atoms with Crippen LogP contribution in [0.25, 0.3) is 0 Å². The molecule has 0 bridgehead atoms. The first kappa shape index (κ1) is 18.9. The summed E-state index contributed by atoms with van der Waals surface area (Å²) in [6.45, 7) is 8.52. The van der Waals surface area contributed by atoms with Crippen molar-refractivity contribution < 1.29 is 4.79 Å². The second kappa shape index (κ2) is 11.7. The lowest BCUT2D eigenvalue weighted by Gasteiger charge is -2.10. The van der Waals surface area contributed by atoms with Gasteiger partial charge in [-0.25, -0.2) is 0 Å². The first-order valence-corrected chi connectivity index (χ1v) is 8.03. The fraction of sp³-hybridized carbons (Fsp3) is 0.722. The second-order valence-electron chi connectivity index (χ2n) is 6.08. The highest BCUT2D eigenvalue weighted by Crippen LogP contribution is 2.17. The van der Waals surface area contributed by atoms with Gasteiger partial charge in [-0.1, -0.05) is 44.1 Å². The van der Waals surface area contributed by atoms with E-state index in [9.17, 15) is 4.79 Å². The Morgan fingerprint density at radius 3 is 2.45 bits per heavy atom. The van der Waals surface area contributed by atoms with E-state index in [1.165, 1.54) is 37.7 Å². The van der Waals surface area contributed by atoms with Crippen LogP contribution >= 0.6 is 0 Å². The van der Waals surface area contributed by atoms with Crippen molar-refractivity contribution in [3.8, 4) is 0 Å². The topological polar surface area (TPSA) is 43.1 Å². The van der Waals surface area contributed by atoms with Gasteiger partial charge in [-0.05, 0) is 58.3 Å². The molecule has 0 aromatic carbocycles. The summed E-state index contributed by atoms with van der Waals surface area (Å²) >= 11 is 0. The number of primary amides is 1. The quantitative estimate of drug-likeness (QED) is 0.531. The monoisotopic (exact) mass is 279 g/mol. The maximum atomic E-state index is 10.9. The van der Waals surface area contributed by atoms with E-state index in [0.717, 1.165) is 18.8 Å². The van der Waals surface area contributed by atoms with Gasteiger partial charge < -0.3 is 5.73 Å². The average molecular weight is 279 g/mol. The van der Waals surface area contributed by atoms with Gasteiger partial charge in [0.2, 0.25) is 5.91 Å². The Labute approximate surface area is 125 Å². The largest absolute Gasteiger partial charge is 0.369 e. The Morgan fingerprint density at radius 1 is 1.15 bits per heavy atom. The summed E-state index contributed by atoms with van der Waals surface area (Å²) in [5.74, 6) is 0.616. The van der Waals surface area contributed by atoms with Crippen LogP contribution in [0.5, 0.6) is 0 Å². The van der Waals surface area contributed by atoms with Gasteiger partial charge in [0.15, 0.2) is 0 Å². The Balaban J connectivity index is 3.70. The van der Waals surface area contributed by atoms with Gasteiger partial charge in [0.25, 0.3) is 0 Å². The zero-order chi connectivity index (χ0) is 15.4. The average Bonchev–Trinajstić information content (AvgIpc) is 2.38. The molecule has 2 nitrogen and oxygen atoms in total. The number of carbonyl (C=O) groups excluding carboxylic acids is 1. The highest BCUT2D eigenvalue weighted by molar-refractivity contribution is 5.76. The smallest absolute Gasteiger partial charge is 0.220 e. The van der Waals surface area contributed by atoms with E-state index in [0.29, 0.717) is 0 Å². The highest BCUT2D eigenvalue weighted by Gasteiger charge is 2.06. The van der Waals surface area contributed by atoms with E-state index in [4.69, 9.17) is 5.73 Å². The number of amides is 1. The van der Waals surface area contributed by atoms with E-state index >= 15 is 0 Å². The van der Waals surface area contributed by atoms with Crippen LogP contribution < -0.4 is 5.73 Å². The van der Waals surface area contributed by atoms with Crippen LogP contribution in [0, 0.1) is 11.8 Å². The fourth-order valence-corrected chi connectivity index (χ4v) is 2.25. The maximum Gasteiger partial charge on any atom is 0.220 e. The lowest BCUT2D eigenvalue weighted by molar-refractivity contribution is -0.121. The third-order valence-electron chi connectivity index (χ3n) is 3.91. The van der Waals surface area contributed by atoms with Crippen LogP contribution in [0.15, 0.2) is 23.8 Å². The minimum Gasteiger partial charge on any atom is -0.369 e. The standard InChI is InChI=1S/C18H33NO/c1-5-6-7-10-15(2)11-8-12-16(3)13-9-14-17(4)18(19)20/h5-6,13,15,17H,7-12,14H2,1-4H3,(H2,19,20)/b6-5-,16-13+. The summed E-state index contributed by atoms with van der Waals surface area (Å²) in [6.07, 6.45) is 14.7. The van der Waals surface area contributed by atoms with Gasteiger partial charge in [-0.15, -0.1) is 0 Å². The molecule has 0 heterocycles. The molecular weight excluding hydrogens is 246 g/mol. The van der Waals surface area contributed by atoms with Crippen molar-refractivity contribution in [2.24, 2.45) is 17.6 Å². The molecule has 116 valence electrons. The second-order valence-corrected chi connectivity index (χ2v) is 6.08. The van der Waals surface area contributed by atoms with E-state index in [-0.39, 0.29) is 11.8 Å². The normalized spacial score (nSPS) is 15.5. The molecule has 0 aromatic rings. The van der Waals surface area contributed by atoms with Crippen molar-refractivity contribution in [1.29, 1.82) is 0 Å². The van der Waals surface area contributed by atoms with Crippen molar-refractivity contribution in [3.05, 3.63) is 23.8 Å². The Morgan fingerprint density at radius 2 is 1.85 bits per heavy atom. The molecule has 0 spiro atoms. The minimum absolute atomic E-state index is 0.00862. The highest BCUT2D eigenvalue weighted by atomic mass is 16.1. The predicted octanol–water partition coefficient (Wildman–Crippen LogP) is 5.00. The maximum absolute atomic E-state index is 10.9. The van der Waals surface area contributed by atoms with Crippen LogP contribution in [0.1, 0.15) is 72.6 Å². The van der Waals surface area contributed by atoms with Crippen molar-refractivity contribution in [2.45, 2.75) is 72.6 Å². The van der Waals surface area contributed by atoms with Crippen LogP contribution in [0.4, 0.5) is 0 Å². The van der Waals surface area contributed by atoms with Gasteiger partial charge in [0, 0.05) is 5.92 Å². The number of hydrogen-bond acceptors (Lipinski definition) is 1. The number of nitrogens with two attached hydrogens (primary N) is 1. The zero-order valence-corrected chi connectivity index (χ0v) is 13.8. The lowest BCUT2D eigenvalue weighted by Crippen LogP contribution is -2.20. The van der Waals surface area contributed by atoms with E-state index in [2.05, 4.69) is 39.0 Å². The molecule has 0 aliphatic rings. The van der Waals surface area contributed by atoms with Crippen molar-refractivity contribution in [2.75, 3.05) is 0 Å². The Hall–Kier alpha value is -1.05. The molecule has 0 rings (SSSR count). The molecule has 0 aliphatic heterocycles.